The summed E-state index contributed by atoms with van der Waals surface area (Å²) < 4.78 is 0. The molecule has 0 aliphatic rings. The fraction of sp³-hybridized carbons (Fsp3) is 0.385. The van der Waals surface area contributed by atoms with Crippen molar-refractivity contribution in [3.05, 3.63) is 49.7 Å². The summed E-state index contributed by atoms with van der Waals surface area (Å²) in [5.41, 5.74) is 1.32. The number of hydrogen-bond donors (Lipinski definition) is 0. The number of hydrogen-bond acceptors (Lipinski definition) is 0. The van der Waals surface area contributed by atoms with Gasteiger partial charge >= 0.3 is 23.1 Å². The zero-order valence-electron chi connectivity index (χ0n) is 9.92. The molecule has 0 aliphatic heterocycles. The molecule has 14 heavy (non-hydrogen) atoms. The van der Waals surface area contributed by atoms with Crippen molar-refractivity contribution < 1.29 is 0 Å². The molecule has 1 aromatic rings. The van der Waals surface area contributed by atoms with Gasteiger partial charge in [-0.15, -0.1) is 0 Å². The topological polar surface area (TPSA) is 0 Å². The van der Waals surface area contributed by atoms with Crippen LogP contribution in [0, 0.1) is 20.8 Å². The van der Waals surface area contributed by atoms with Crippen LogP contribution in [-0.2, 0) is 0 Å². The average Bonchev–Trinajstić information content (AvgIpc) is 2.22. The third kappa shape index (κ3) is 17.9. The van der Waals surface area contributed by atoms with Crippen molar-refractivity contribution in [2.75, 3.05) is 0 Å². The molecule has 0 fully saturated rings. The molecule has 1 rings (SSSR count). The van der Waals surface area contributed by atoms with Crippen molar-refractivity contribution in [2.24, 2.45) is 0 Å². The Balaban J connectivity index is -0.000000152. The molecule has 0 bridgehead atoms. The van der Waals surface area contributed by atoms with Crippen LogP contribution in [0.5, 0.6) is 0 Å². The predicted molar refractivity (Wildman–Crippen MR) is 68.2 cm³/mol. The van der Waals surface area contributed by atoms with Crippen LogP contribution in [0.25, 0.3) is 0 Å². The van der Waals surface area contributed by atoms with Gasteiger partial charge in [-0.25, -0.2) is 0 Å². The average molecular weight is 203 g/mol. The van der Waals surface area contributed by atoms with Crippen LogP contribution in [-0.4, -0.2) is 23.1 Å². The smallest absolute Gasteiger partial charge is 0.346 e. The number of aryl methyl sites for hydroxylation is 1. The standard InChI is InChI=1S/C7H8.C4H9.C2H5.Mg/c1-7-5-3-2-4-6-7;1-3-4-2;1-2;/h2-6H,1H3;1,3-4H2,2H3;1H2,2H3;/q;2*-1;+2. The Morgan fingerprint density at radius 3 is 1.57 bits per heavy atom. The number of unbranched alkanes of at least 4 members (excludes halogenated alkanes) is 1. The fourth-order valence-electron chi connectivity index (χ4n) is 0.534. The van der Waals surface area contributed by atoms with Gasteiger partial charge in [0, 0.05) is 0 Å². The Bertz CT molecular complexity index is 156. The van der Waals surface area contributed by atoms with E-state index in [0.29, 0.717) is 0 Å². The van der Waals surface area contributed by atoms with E-state index in [-0.39, 0.29) is 23.1 Å². The van der Waals surface area contributed by atoms with Crippen molar-refractivity contribution in [1.82, 2.24) is 0 Å². The van der Waals surface area contributed by atoms with Gasteiger partial charge in [0.15, 0.2) is 0 Å². The number of rotatable bonds is 1. The van der Waals surface area contributed by atoms with Gasteiger partial charge < -0.3 is 13.8 Å². The van der Waals surface area contributed by atoms with Gasteiger partial charge in [0.05, 0.1) is 0 Å². The molecule has 0 aliphatic carbocycles. The Kier molecular flexibility index (Phi) is 26.1. The molecular weight excluding hydrogens is 180 g/mol. The molecule has 0 saturated heterocycles. The van der Waals surface area contributed by atoms with Crippen LogP contribution < -0.4 is 0 Å². The second kappa shape index (κ2) is 18.7. The molecule has 0 amide bonds. The molecule has 0 radical (unpaired) electrons. The third-order valence-electron chi connectivity index (χ3n) is 1.29. The van der Waals surface area contributed by atoms with Crippen LogP contribution in [0.3, 0.4) is 0 Å². The van der Waals surface area contributed by atoms with E-state index >= 15 is 0 Å². The first-order valence-electron chi connectivity index (χ1n) is 4.82. The maximum Gasteiger partial charge on any atom is 2.00 e. The van der Waals surface area contributed by atoms with Gasteiger partial charge in [0.1, 0.15) is 0 Å². The monoisotopic (exact) mass is 202 g/mol. The van der Waals surface area contributed by atoms with E-state index in [0.717, 1.165) is 6.42 Å². The summed E-state index contributed by atoms with van der Waals surface area (Å²) >= 11 is 0. The molecule has 1 aromatic carbocycles. The number of benzene rings is 1. The normalized spacial score (nSPS) is 6.93. The van der Waals surface area contributed by atoms with E-state index in [9.17, 15) is 0 Å². The Labute approximate surface area is 106 Å². The molecule has 0 heterocycles. The first-order chi connectivity index (χ1) is 6.31. The molecule has 0 atom stereocenters. The zero-order valence-corrected chi connectivity index (χ0v) is 11.3. The van der Waals surface area contributed by atoms with Gasteiger partial charge in [-0.2, -0.15) is 13.3 Å². The van der Waals surface area contributed by atoms with Crippen LogP contribution >= 0.6 is 0 Å². The molecule has 0 spiro atoms. The Hall–Kier alpha value is -0.0138. The summed E-state index contributed by atoms with van der Waals surface area (Å²) in [4.78, 5) is 0. The van der Waals surface area contributed by atoms with E-state index in [1.807, 2.05) is 18.2 Å². The fourth-order valence-corrected chi connectivity index (χ4v) is 0.534. The predicted octanol–water partition coefficient (Wildman–Crippen LogP) is 4.08. The summed E-state index contributed by atoms with van der Waals surface area (Å²) in [6, 6.07) is 10.3. The van der Waals surface area contributed by atoms with E-state index in [4.69, 9.17) is 0 Å². The zero-order chi connectivity index (χ0) is 10.5. The molecule has 1 heteroatoms. The maximum atomic E-state index is 3.60. The van der Waals surface area contributed by atoms with Crippen molar-refractivity contribution in [1.29, 1.82) is 0 Å². The van der Waals surface area contributed by atoms with E-state index in [2.05, 4.69) is 39.8 Å². The minimum Gasteiger partial charge on any atom is -0.346 e. The quantitative estimate of drug-likeness (QED) is 0.476. The van der Waals surface area contributed by atoms with Gasteiger partial charge in [0.25, 0.3) is 0 Å². The van der Waals surface area contributed by atoms with Crippen LogP contribution in [0.15, 0.2) is 30.3 Å². The molecule has 76 valence electrons. The van der Waals surface area contributed by atoms with Crippen LogP contribution in [0.4, 0.5) is 0 Å². The summed E-state index contributed by atoms with van der Waals surface area (Å²) in [5, 5.41) is 0. The summed E-state index contributed by atoms with van der Waals surface area (Å²) in [5.74, 6) is 0. The minimum atomic E-state index is 0. The van der Waals surface area contributed by atoms with Crippen molar-refractivity contribution in [3.63, 3.8) is 0 Å². The Morgan fingerprint density at radius 2 is 1.43 bits per heavy atom. The van der Waals surface area contributed by atoms with Crippen molar-refractivity contribution in [3.8, 4) is 0 Å². The van der Waals surface area contributed by atoms with Gasteiger partial charge in [-0.3, -0.25) is 0 Å². The van der Waals surface area contributed by atoms with Crippen LogP contribution in [0.2, 0.25) is 0 Å². The minimum absolute atomic E-state index is 0. The van der Waals surface area contributed by atoms with Gasteiger partial charge in [0.2, 0.25) is 0 Å². The van der Waals surface area contributed by atoms with Gasteiger partial charge in [-0.05, 0) is 6.92 Å². The SMILES string of the molecule is Cc1ccccc1.[CH2-]C.[CH2-]CCC.[Mg+2]. The summed E-state index contributed by atoms with van der Waals surface area (Å²) in [6.07, 6.45) is 2.28. The second-order valence-electron chi connectivity index (χ2n) is 2.51. The molecular formula is C13H22Mg. The Morgan fingerprint density at radius 1 is 1.07 bits per heavy atom. The van der Waals surface area contributed by atoms with Crippen molar-refractivity contribution >= 4 is 23.1 Å². The first kappa shape index (κ1) is 19.5. The molecule has 0 saturated carbocycles. The first-order valence-corrected chi connectivity index (χ1v) is 4.82. The second-order valence-corrected chi connectivity index (χ2v) is 2.51. The third-order valence-corrected chi connectivity index (χ3v) is 1.29. The van der Waals surface area contributed by atoms with E-state index in [1.54, 1.807) is 6.92 Å². The summed E-state index contributed by atoms with van der Waals surface area (Å²) in [6.45, 7) is 12.8. The van der Waals surface area contributed by atoms with E-state index in [1.165, 1.54) is 12.0 Å². The molecule has 0 N–H and O–H groups in total. The van der Waals surface area contributed by atoms with Gasteiger partial charge in [-0.1, -0.05) is 49.2 Å². The summed E-state index contributed by atoms with van der Waals surface area (Å²) in [7, 11) is 0. The van der Waals surface area contributed by atoms with E-state index < -0.39 is 0 Å². The van der Waals surface area contributed by atoms with Crippen molar-refractivity contribution in [2.45, 2.75) is 33.6 Å². The molecule has 0 nitrogen and oxygen atoms in total. The molecule has 0 aromatic heterocycles. The van der Waals surface area contributed by atoms with Crippen LogP contribution in [0.1, 0.15) is 32.3 Å². The maximum absolute atomic E-state index is 3.60. The largest absolute Gasteiger partial charge is 2.00 e. The molecule has 0 unspecified atom stereocenters.